The lowest BCUT2D eigenvalue weighted by molar-refractivity contribution is 0.771. The molecule has 70 valence electrons. The molecule has 1 aliphatic rings. The van der Waals surface area contributed by atoms with E-state index < -0.39 is 0 Å². The molecular formula is C12H12N2. The van der Waals surface area contributed by atoms with Gasteiger partial charge in [-0.15, -0.1) is 0 Å². The van der Waals surface area contributed by atoms with Crippen molar-refractivity contribution in [1.82, 2.24) is 9.78 Å². The third-order valence-electron chi connectivity index (χ3n) is 2.95. The fourth-order valence-electron chi connectivity index (χ4n) is 2.25. The maximum absolute atomic E-state index is 4.31. The van der Waals surface area contributed by atoms with Gasteiger partial charge in [0.15, 0.2) is 0 Å². The first-order valence-electron chi connectivity index (χ1n) is 4.95. The Hall–Kier alpha value is -1.57. The minimum absolute atomic E-state index is 1.13. The highest BCUT2D eigenvalue weighted by molar-refractivity contribution is 5.69. The second kappa shape index (κ2) is 2.71. The molecule has 0 atom stereocenters. The van der Waals surface area contributed by atoms with Gasteiger partial charge in [0.25, 0.3) is 0 Å². The zero-order valence-corrected chi connectivity index (χ0v) is 8.20. The van der Waals surface area contributed by atoms with Crippen LogP contribution < -0.4 is 0 Å². The number of aromatic nitrogens is 2. The van der Waals surface area contributed by atoms with Crippen LogP contribution >= 0.6 is 0 Å². The van der Waals surface area contributed by atoms with Crippen molar-refractivity contribution in [2.24, 2.45) is 7.05 Å². The number of hydrogen-bond acceptors (Lipinski definition) is 1. The van der Waals surface area contributed by atoms with Gasteiger partial charge in [0.2, 0.25) is 0 Å². The lowest BCUT2D eigenvalue weighted by Crippen LogP contribution is -2.05. The van der Waals surface area contributed by atoms with E-state index in [0.29, 0.717) is 0 Å². The minimum Gasteiger partial charge on any atom is -0.268 e. The number of fused-ring (bicyclic) bond motifs is 3. The fraction of sp³-hybridized carbons (Fsp3) is 0.250. The first-order chi connectivity index (χ1) is 6.86. The second-order valence-corrected chi connectivity index (χ2v) is 3.80. The van der Waals surface area contributed by atoms with E-state index in [1.54, 1.807) is 0 Å². The first-order valence-corrected chi connectivity index (χ1v) is 4.95. The van der Waals surface area contributed by atoms with Crippen LogP contribution in [0.1, 0.15) is 11.1 Å². The van der Waals surface area contributed by atoms with Crippen LogP contribution in [-0.4, -0.2) is 9.78 Å². The van der Waals surface area contributed by atoms with Gasteiger partial charge >= 0.3 is 0 Å². The van der Waals surface area contributed by atoms with Crippen molar-refractivity contribution in [1.29, 1.82) is 0 Å². The molecule has 0 unspecified atom stereocenters. The average molecular weight is 184 g/mol. The number of rotatable bonds is 0. The summed E-state index contributed by atoms with van der Waals surface area (Å²) in [5, 5.41) is 4.31. The predicted molar refractivity (Wildman–Crippen MR) is 56.1 cm³/mol. The second-order valence-electron chi connectivity index (χ2n) is 3.80. The van der Waals surface area contributed by atoms with E-state index in [9.17, 15) is 0 Å². The van der Waals surface area contributed by atoms with Gasteiger partial charge in [-0.25, -0.2) is 0 Å². The zero-order chi connectivity index (χ0) is 9.54. The van der Waals surface area contributed by atoms with Crippen LogP contribution in [0, 0.1) is 0 Å². The Morgan fingerprint density at radius 2 is 1.93 bits per heavy atom. The van der Waals surface area contributed by atoms with Gasteiger partial charge in [0.05, 0.1) is 11.9 Å². The van der Waals surface area contributed by atoms with Crippen LogP contribution in [0.3, 0.4) is 0 Å². The van der Waals surface area contributed by atoms with E-state index in [2.05, 4.69) is 29.4 Å². The van der Waals surface area contributed by atoms with Crippen LogP contribution in [0.4, 0.5) is 0 Å². The first kappa shape index (κ1) is 7.80. The summed E-state index contributed by atoms with van der Waals surface area (Å²) in [4.78, 5) is 0. The largest absolute Gasteiger partial charge is 0.268 e. The minimum atomic E-state index is 1.13. The standard InChI is InChI=1S/C12H12N2/c1-14-12-10(8-13-14)7-6-9-4-2-3-5-11(9)12/h2-5,8H,6-7H2,1H3. The Morgan fingerprint density at radius 1 is 1.14 bits per heavy atom. The highest BCUT2D eigenvalue weighted by Crippen LogP contribution is 2.32. The normalized spacial score (nSPS) is 13.5. The van der Waals surface area contributed by atoms with Gasteiger partial charge in [-0.05, 0) is 24.0 Å². The van der Waals surface area contributed by atoms with Crippen molar-refractivity contribution in [2.45, 2.75) is 12.8 Å². The van der Waals surface area contributed by atoms with Crippen molar-refractivity contribution in [3.8, 4) is 11.3 Å². The van der Waals surface area contributed by atoms with Crippen LogP contribution in [0.25, 0.3) is 11.3 Å². The smallest absolute Gasteiger partial charge is 0.0713 e. The molecule has 1 aromatic carbocycles. The van der Waals surface area contributed by atoms with E-state index in [0.717, 1.165) is 12.8 Å². The molecule has 0 saturated heterocycles. The van der Waals surface area contributed by atoms with Crippen molar-refractivity contribution in [3.05, 3.63) is 41.6 Å². The topological polar surface area (TPSA) is 17.8 Å². The number of aryl methyl sites for hydroxylation is 3. The summed E-state index contributed by atoms with van der Waals surface area (Å²) < 4.78 is 1.98. The molecular weight excluding hydrogens is 172 g/mol. The van der Waals surface area contributed by atoms with Crippen molar-refractivity contribution in [3.63, 3.8) is 0 Å². The van der Waals surface area contributed by atoms with E-state index in [1.807, 2.05) is 17.9 Å². The number of nitrogens with zero attached hydrogens (tertiary/aromatic N) is 2. The predicted octanol–water partition coefficient (Wildman–Crippen LogP) is 2.19. The molecule has 3 rings (SSSR count). The summed E-state index contributed by atoms with van der Waals surface area (Å²) in [6, 6.07) is 8.61. The molecule has 1 aliphatic carbocycles. The Bertz CT molecular complexity index is 483. The van der Waals surface area contributed by atoms with E-state index in [1.165, 1.54) is 22.4 Å². The van der Waals surface area contributed by atoms with E-state index in [-0.39, 0.29) is 0 Å². The van der Waals surface area contributed by atoms with Crippen molar-refractivity contribution < 1.29 is 0 Å². The molecule has 2 aromatic rings. The monoisotopic (exact) mass is 184 g/mol. The van der Waals surface area contributed by atoms with E-state index >= 15 is 0 Å². The Labute approximate surface area is 83.2 Å². The van der Waals surface area contributed by atoms with Gasteiger partial charge < -0.3 is 0 Å². The summed E-state index contributed by atoms with van der Waals surface area (Å²) in [6.07, 6.45) is 4.26. The number of hydrogen-bond donors (Lipinski definition) is 0. The van der Waals surface area contributed by atoms with Crippen molar-refractivity contribution in [2.75, 3.05) is 0 Å². The maximum atomic E-state index is 4.31. The molecule has 1 aromatic heterocycles. The van der Waals surface area contributed by atoms with Gasteiger partial charge in [0.1, 0.15) is 0 Å². The van der Waals surface area contributed by atoms with Crippen molar-refractivity contribution >= 4 is 0 Å². The molecule has 1 heterocycles. The molecule has 2 nitrogen and oxygen atoms in total. The SMILES string of the molecule is Cn1ncc2c1-c1ccccc1CC2. The molecule has 0 saturated carbocycles. The molecule has 0 radical (unpaired) electrons. The highest BCUT2D eigenvalue weighted by Gasteiger charge is 2.18. The summed E-state index contributed by atoms with van der Waals surface area (Å²) >= 11 is 0. The molecule has 0 N–H and O–H groups in total. The Balaban J connectivity index is 2.32. The molecule has 0 fully saturated rings. The maximum Gasteiger partial charge on any atom is 0.0713 e. The molecule has 14 heavy (non-hydrogen) atoms. The zero-order valence-electron chi connectivity index (χ0n) is 8.20. The van der Waals surface area contributed by atoms with Gasteiger partial charge in [0, 0.05) is 12.6 Å². The number of benzene rings is 1. The van der Waals surface area contributed by atoms with Gasteiger partial charge in [-0.2, -0.15) is 5.10 Å². The Kier molecular flexibility index (Phi) is 1.51. The molecule has 0 spiro atoms. The highest BCUT2D eigenvalue weighted by atomic mass is 15.3. The lowest BCUT2D eigenvalue weighted by atomic mass is 9.90. The van der Waals surface area contributed by atoms with Crippen LogP contribution in [0.2, 0.25) is 0 Å². The third-order valence-corrected chi connectivity index (χ3v) is 2.95. The van der Waals surface area contributed by atoms with E-state index in [4.69, 9.17) is 0 Å². The van der Waals surface area contributed by atoms with Crippen LogP contribution in [0.5, 0.6) is 0 Å². The Morgan fingerprint density at radius 3 is 2.86 bits per heavy atom. The lowest BCUT2D eigenvalue weighted by Gasteiger charge is -2.16. The molecule has 0 amide bonds. The molecule has 2 heteroatoms. The van der Waals surface area contributed by atoms with Gasteiger partial charge in [-0.3, -0.25) is 4.68 Å². The molecule has 0 aliphatic heterocycles. The summed E-state index contributed by atoms with van der Waals surface area (Å²) in [5.74, 6) is 0. The van der Waals surface area contributed by atoms with Gasteiger partial charge in [-0.1, -0.05) is 24.3 Å². The summed E-state index contributed by atoms with van der Waals surface area (Å²) in [5.41, 5.74) is 5.48. The van der Waals surface area contributed by atoms with Crippen LogP contribution in [0.15, 0.2) is 30.5 Å². The fourth-order valence-corrected chi connectivity index (χ4v) is 2.25. The summed E-state index contributed by atoms with van der Waals surface area (Å²) in [6.45, 7) is 0. The molecule has 0 bridgehead atoms. The quantitative estimate of drug-likeness (QED) is 0.613. The average Bonchev–Trinajstić information content (AvgIpc) is 2.61. The van der Waals surface area contributed by atoms with Crippen LogP contribution in [-0.2, 0) is 19.9 Å². The third kappa shape index (κ3) is 0.939. The summed E-state index contributed by atoms with van der Waals surface area (Å²) in [7, 11) is 2.01.